The molecular formula is C17H29IN4. The molecule has 1 aromatic carbocycles. The van der Waals surface area contributed by atoms with Crippen LogP contribution >= 0.6 is 24.0 Å². The van der Waals surface area contributed by atoms with Crippen molar-refractivity contribution in [2.45, 2.75) is 26.7 Å². The second kappa shape index (κ2) is 10.7. The highest BCUT2D eigenvalue weighted by Crippen LogP contribution is 2.23. The van der Waals surface area contributed by atoms with E-state index in [1.165, 1.54) is 12.1 Å². The fourth-order valence-corrected chi connectivity index (χ4v) is 2.66. The Labute approximate surface area is 151 Å². The Bertz CT molecular complexity index is 436. The average Bonchev–Trinajstić information content (AvgIpc) is 3.00. The summed E-state index contributed by atoms with van der Waals surface area (Å²) < 4.78 is 0. The molecule has 4 nitrogen and oxygen atoms in total. The Morgan fingerprint density at radius 3 is 2.68 bits per heavy atom. The van der Waals surface area contributed by atoms with Gasteiger partial charge in [0.05, 0.1) is 0 Å². The lowest BCUT2D eigenvalue weighted by atomic mass is 10.1. The van der Waals surface area contributed by atoms with Crippen LogP contribution in [0.1, 0.15) is 26.7 Å². The van der Waals surface area contributed by atoms with Crippen LogP contribution in [-0.4, -0.2) is 38.7 Å². The normalized spacial score (nSPS) is 18.0. The minimum absolute atomic E-state index is 0. The molecule has 2 rings (SSSR count). The summed E-state index contributed by atoms with van der Waals surface area (Å²) in [5.41, 5.74) is 1.33. The molecule has 2 N–H and O–H groups in total. The van der Waals surface area contributed by atoms with E-state index in [-0.39, 0.29) is 24.0 Å². The number of guanidine groups is 1. The lowest BCUT2D eigenvalue weighted by molar-refractivity contribution is 0.599. The molecule has 0 spiro atoms. The molecule has 1 fully saturated rings. The molecule has 0 amide bonds. The van der Waals surface area contributed by atoms with Crippen molar-refractivity contribution in [1.82, 2.24) is 10.6 Å². The Morgan fingerprint density at radius 2 is 2.00 bits per heavy atom. The molecule has 1 atom stereocenters. The molecule has 1 aromatic rings. The predicted octanol–water partition coefficient (Wildman–Crippen LogP) is 3.10. The molecule has 0 aromatic heterocycles. The molecule has 124 valence electrons. The summed E-state index contributed by atoms with van der Waals surface area (Å²) in [4.78, 5) is 7.19. The number of anilines is 1. The van der Waals surface area contributed by atoms with Crippen molar-refractivity contribution in [3.05, 3.63) is 30.3 Å². The first-order valence-electron chi connectivity index (χ1n) is 8.15. The summed E-state index contributed by atoms with van der Waals surface area (Å²) in [6.07, 6.45) is 2.35. The fraction of sp³-hybridized carbons (Fsp3) is 0.588. The van der Waals surface area contributed by atoms with Crippen molar-refractivity contribution < 1.29 is 0 Å². The topological polar surface area (TPSA) is 39.7 Å². The molecule has 1 aliphatic rings. The SMILES string of the molecule is CCCNC(=NCC1CCN(c2ccccc2)C1)NCC.I. The monoisotopic (exact) mass is 416 g/mol. The highest BCUT2D eigenvalue weighted by Gasteiger charge is 2.22. The van der Waals surface area contributed by atoms with Gasteiger partial charge in [-0.05, 0) is 37.8 Å². The number of hydrogen-bond donors (Lipinski definition) is 2. The van der Waals surface area contributed by atoms with E-state index in [0.717, 1.165) is 45.1 Å². The summed E-state index contributed by atoms with van der Waals surface area (Å²) in [7, 11) is 0. The molecule has 1 heterocycles. The number of benzene rings is 1. The molecule has 0 radical (unpaired) electrons. The summed E-state index contributed by atoms with van der Waals surface area (Å²) in [5, 5.41) is 6.67. The van der Waals surface area contributed by atoms with Crippen LogP contribution in [-0.2, 0) is 0 Å². The third kappa shape index (κ3) is 6.02. The van der Waals surface area contributed by atoms with E-state index in [9.17, 15) is 0 Å². The average molecular weight is 416 g/mol. The predicted molar refractivity (Wildman–Crippen MR) is 106 cm³/mol. The van der Waals surface area contributed by atoms with E-state index < -0.39 is 0 Å². The van der Waals surface area contributed by atoms with Crippen LogP contribution in [0.3, 0.4) is 0 Å². The van der Waals surface area contributed by atoms with Gasteiger partial charge in [-0.15, -0.1) is 24.0 Å². The molecule has 0 aliphatic carbocycles. The van der Waals surface area contributed by atoms with Gasteiger partial charge in [-0.25, -0.2) is 0 Å². The Morgan fingerprint density at radius 1 is 1.23 bits per heavy atom. The van der Waals surface area contributed by atoms with Gasteiger partial charge >= 0.3 is 0 Å². The number of hydrogen-bond acceptors (Lipinski definition) is 2. The number of rotatable bonds is 6. The second-order valence-electron chi connectivity index (χ2n) is 5.58. The maximum atomic E-state index is 4.73. The molecule has 0 saturated carbocycles. The third-order valence-electron chi connectivity index (χ3n) is 3.80. The molecule has 0 bridgehead atoms. The van der Waals surface area contributed by atoms with Gasteiger partial charge in [0.2, 0.25) is 0 Å². The van der Waals surface area contributed by atoms with E-state index >= 15 is 0 Å². The largest absolute Gasteiger partial charge is 0.371 e. The Hall–Kier alpha value is -0.980. The molecule has 1 aliphatic heterocycles. The smallest absolute Gasteiger partial charge is 0.191 e. The summed E-state index contributed by atoms with van der Waals surface area (Å²) in [6.45, 7) is 9.33. The van der Waals surface area contributed by atoms with Crippen molar-refractivity contribution in [2.75, 3.05) is 37.6 Å². The van der Waals surface area contributed by atoms with Crippen molar-refractivity contribution >= 4 is 35.6 Å². The van der Waals surface area contributed by atoms with Gasteiger partial charge in [-0.1, -0.05) is 25.1 Å². The number of nitrogens with one attached hydrogen (secondary N) is 2. The molecular weight excluding hydrogens is 387 g/mol. The number of para-hydroxylation sites is 1. The number of nitrogens with zero attached hydrogens (tertiary/aromatic N) is 2. The van der Waals surface area contributed by atoms with Crippen LogP contribution in [0.25, 0.3) is 0 Å². The Balaban J connectivity index is 0.00000242. The van der Waals surface area contributed by atoms with Gasteiger partial charge in [0.25, 0.3) is 0 Å². The quantitative estimate of drug-likeness (QED) is 0.426. The van der Waals surface area contributed by atoms with Crippen LogP contribution in [0.2, 0.25) is 0 Å². The van der Waals surface area contributed by atoms with Crippen molar-refractivity contribution in [2.24, 2.45) is 10.9 Å². The van der Waals surface area contributed by atoms with Crippen molar-refractivity contribution in [3.8, 4) is 0 Å². The maximum absolute atomic E-state index is 4.73. The third-order valence-corrected chi connectivity index (χ3v) is 3.80. The van der Waals surface area contributed by atoms with Crippen LogP contribution in [0.4, 0.5) is 5.69 Å². The van der Waals surface area contributed by atoms with Crippen molar-refractivity contribution in [3.63, 3.8) is 0 Å². The van der Waals surface area contributed by atoms with E-state index in [4.69, 9.17) is 4.99 Å². The van der Waals surface area contributed by atoms with Gasteiger partial charge in [-0.2, -0.15) is 0 Å². The zero-order valence-corrected chi connectivity index (χ0v) is 16.0. The lowest BCUT2D eigenvalue weighted by Gasteiger charge is -2.18. The Kier molecular flexibility index (Phi) is 9.27. The van der Waals surface area contributed by atoms with Gasteiger partial charge in [0.1, 0.15) is 0 Å². The first-order valence-corrected chi connectivity index (χ1v) is 8.15. The van der Waals surface area contributed by atoms with Crippen LogP contribution in [0.15, 0.2) is 35.3 Å². The number of aliphatic imine (C=N–C) groups is 1. The van der Waals surface area contributed by atoms with Crippen molar-refractivity contribution in [1.29, 1.82) is 0 Å². The van der Waals surface area contributed by atoms with Crippen LogP contribution < -0.4 is 15.5 Å². The first kappa shape index (κ1) is 19.1. The second-order valence-corrected chi connectivity index (χ2v) is 5.58. The summed E-state index contributed by atoms with van der Waals surface area (Å²) in [6, 6.07) is 10.7. The maximum Gasteiger partial charge on any atom is 0.191 e. The standard InChI is InChI=1S/C17H28N4.HI/c1-3-11-19-17(18-4-2)20-13-15-10-12-21(14-15)16-8-6-5-7-9-16;/h5-9,15H,3-4,10-14H2,1-2H3,(H2,18,19,20);1H. The molecule has 22 heavy (non-hydrogen) atoms. The van der Waals surface area contributed by atoms with E-state index in [1.807, 2.05) is 0 Å². The molecule has 5 heteroatoms. The van der Waals surface area contributed by atoms with E-state index in [2.05, 4.69) is 59.7 Å². The first-order chi connectivity index (χ1) is 10.3. The molecule has 1 saturated heterocycles. The highest BCUT2D eigenvalue weighted by atomic mass is 127. The van der Waals surface area contributed by atoms with Crippen LogP contribution in [0, 0.1) is 5.92 Å². The van der Waals surface area contributed by atoms with Gasteiger partial charge in [0.15, 0.2) is 5.96 Å². The van der Waals surface area contributed by atoms with Gasteiger partial charge < -0.3 is 15.5 Å². The summed E-state index contributed by atoms with van der Waals surface area (Å²) in [5.74, 6) is 1.61. The van der Waals surface area contributed by atoms with Gasteiger partial charge in [0, 0.05) is 38.4 Å². The van der Waals surface area contributed by atoms with E-state index in [0.29, 0.717) is 5.92 Å². The number of halogens is 1. The van der Waals surface area contributed by atoms with Crippen LogP contribution in [0.5, 0.6) is 0 Å². The minimum Gasteiger partial charge on any atom is -0.371 e. The van der Waals surface area contributed by atoms with E-state index in [1.54, 1.807) is 0 Å². The van der Waals surface area contributed by atoms with Gasteiger partial charge in [-0.3, -0.25) is 4.99 Å². The highest BCUT2D eigenvalue weighted by molar-refractivity contribution is 14.0. The zero-order valence-electron chi connectivity index (χ0n) is 13.7. The fourth-order valence-electron chi connectivity index (χ4n) is 2.66. The zero-order chi connectivity index (χ0) is 14.9. The molecule has 1 unspecified atom stereocenters. The minimum atomic E-state index is 0. The lowest BCUT2D eigenvalue weighted by Crippen LogP contribution is -2.38. The summed E-state index contributed by atoms with van der Waals surface area (Å²) >= 11 is 0.